The van der Waals surface area contributed by atoms with Gasteiger partial charge in [-0.15, -0.1) is 0 Å². The zero-order valence-corrected chi connectivity index (χ0v) is 10.1. The van der Waals surface area contributed by atoms with Crippen molar-refractivity contribution in [1.29, 1.82) is 0 Å². The molecule has 4 N–H and O–H groups in total. The van der Waals surface area contributed by atoms with Crippen molar-refractivity contribution in [2.45, 2.75) is 0 Å². The van der Waals surface area contributed by atoms with E-state index in [4.69, 9.17) is 10.5 Å². The number of fused-ring (bicyclic) bond motifs is 1. The fourth-order valence-electron chi connectivity index (χ4n) is 1.66. The second-order valence-electron chi connectivity index (χ2n) is 3.90. The number of carbonyl (C=O) groups excluding carboxylic acids is 1. The fourth-order valence-corrected chi connectivity index (χ4v) is 1.66. The third kappa shape index (κ3) is 1.99. The van der Waals surface area contributed by atoms with Gasteiger partial charge in [-0.2, -0.15) is 9.97 Å². The number of aromatic amines is 1. The van der Waals surface area contributed by atoms with Crippen LogP contribution in [0.15, 0.2) is 30.6 Å². The first-order chi connectivity index (χ1) is 9.65. The highest BCUT2D eigenvalue weighted by Crippen LogP contribution is 2.20. The molecule has 1 aromatic carbocycles. The van der Waals surface area contributed by atoms with Crippen molar-refractivity contribution >= 4 is 23.0 Å². The SMILES string of the molecule is Nc1nc(OC(=O)c2ccccc2O)nc2nc[nH]c12. The molecule has 8 heteroatoms. The van der Waals surface area contributed by atoms with Crippen LogP contribution in [0.4, 0.5) is 5.82 Å². The molecule has 0 spiro atoms. The number of esters is 1. The summed E-state index contributed by atoms with van der Waals surface area (Å²) in [6, 6.07) is 5.77. The lowest BCUT2D eigenvalue weighted by molar-refractivity contribution is 0.0717. The highest BCUT2D eigenvalue weighted by Gasteiger charge is 2.16. The van der Waals surface area contributed by atoms with Gasteiger partial charge in [0.05, 0.1) is 6.33 Å². The van der Waals surface area contributed by atoms with Crippen LogP contribution in [-0.4, -0.2) is 31.0 Å². The Morgan fingerprint density at radius 3 is 2.90 bits per heavy atom. The number of imidazole rings is 1. The minimum Gasteiger partial charge on any atom is -0.507 e. The number of rotatable bonds is 2. The van der Waals surface area contributed by atoms with Crippen LogP contribution < -0.4 is 10.5 Å². The van der Waals surface area contributed by atoms with Crippen molar-refractivity contribution in [2.75, 3.05) is 5.73 Å². The Bertz CT molecular complexity index is 799. The number of carbonyl (C=O) groups is 1. The van der Waals surface area contributed by atoms with Crippen molar-refractivity contribution < 1.29 is 14.6 Å². The monoisotopic (exact) mass is 271 g/mol. The second-order valence-corrected chi connectivity index (χ2v) is 3.90. The number of hydrogen-bond donors (Lipinski definition) is 3. The Balaban J connectivity index is 1.93. The molecule has 0 fully saturated rings. The van der Waals surface area contributed by atoms with Gasteiger partial charge in [0.1, 0.15) is 16.8 Å². The summed E-state index contributed by atoms with van der Waals surface area (Å²) < 4.78 is 4.98. The first kappa shape index (κ1) is 11.9. The first-order valence-electron chi connectivity index (χ1n) is 5.62. The summed E-state index contributed by atoms with van der Waals surface area (Å²) in [6.07, 6.45) is 1.41. The molecule has 3 aromatic rings. The van der Waals surface area contributed by atoms with Gasteiger partial charge in [0.15, 0.2) is 11.5 Å². The van der Waals surface area contributed by atoms with Crippen LogP contribution in [0.1, 0.15) is 10.4 Å². The zero-order chi connectivity index (χ0) is 14.1. The van der Waals surface area contributed by atoms with Gasteiger partial charge in [-0.3, -0.25) is 0 Å². The largest absolute Gasteiger partial charge is 0.507 e. The lowest BCUT2D eigenvalue weighted by atomic mass is 10.2. The molecule has 8 nitrogen and oxygen atoms in total. The number of anilines is 1. The summed E-state index contributed by atoms with van der Waals surface area (Å²) in [6.45, 7) is 0. The summed E-state index contributed by atoms with van der Waals surface area (Å²) in [7, 11) is 0. The molecule has 0 aliphatic rings. The molecule has 0 aliphatic carbocycles. The Hall–Kier alpha value is -3.16. The standard InChI is InChI=1S/C12H9N5O3/c13-9-8-10(15-5-14-8)17-12(16-9)20-11(19)6-3-1-2-4-7(6)18/h1-5,18H,(H3,13,14,15,16,17). The third-order valence-electron chi connectivity index (χ3n) is 2.60. The summed E-state index contributed by atoms with van der Waals surface area (Å²) in [4.78, 5) is 26.3. The van der Waals surface area contributed by atoms with Crippen LogP contribution in [-0.2, 0) is 0 Å². The van der Waals surface area contributed by atoms with Crippen LogP contribution in [0.5, 0.6) is 11.8 Å². The molecule has 20 heavy (non-hydrogen) atoms. The lowest BCUT2D eigenvalue weighted by Gasteiger charge is -2.04. The number of nitrogens with two attached hydrogens (primary N) is 1. The second kappa shape index (κ2) is 4.50. The van der Waals surface area contributed by atoms with E-state index in [1.54, 1.807) is 12.1 Å². The lowest BCUT2D eigenvalue weighted by Crippen LogP contribution is -2.11. The average molecular weight is 271 g/mol. The number of nitrogens with one attached hydrogen (secondary N) is 1. The van der Waals surface area contributed by atoms with E-state index in [0.29, 0.717) is 5.52 Å². The summed E-state index contributed by atoms with van der Waals surface area (Å²) in [5.74, 6) is -0.851. The number of para-hydroxylation sites is 1. The summed E-state index contributed by atoms with van der Waals surface area (Å²) in [5.41, 5.74) is 6.45. The van der Waals surface area contributed by atoms with E-state index >= 15 is 0 Å². The minimum atomic E-state index is -0.780. The number of aromatic hydroxyl groups is 1. The minimum absolute atomic E-state index is 0.0109. The van der Waals surface area contributed by atoms with E-state index in [1.807, 2.05) is 0 Å². The molecule has 0 aliphatic heterocycles. The van der Waals surface area contributed by atoms with Gasteiger partial charge in [-0.05, 0) is 12.1 Å². The predicted molar refractivity (Wildman–Crippen MR) is 69.2 cm³/mol. The van der Waals surface area contributed by atoms with Crippen molar-refractivity contribution in [3.05, 3.63) is 36.2 Å². The topological polar surface area (TPSA) is 127 Å². The molecule has 100 valence electrons. The molecule has 0 amide bonds. The number of H-pyrrole nitrogens is 1. The van der Waals surface area contributed by atoms with Crippen LogP contribution in [0.25, 0.3) is 11.2 Å². The molecule has 0 atom stereocenters. The zero-order valence-electron chi connectivity index (χ0n) is 10.1. The quantitative estimate of drug-likeness (QED) is 0.590. The van der Waals surface area contributed by atoms with Crippen LogP contribution in [0.2, 0.25) is 0 Å². The van der Waals surface area contributed by atoms with Gasteiger partial charge in [0.25, 0.3) is 0 Å². The first-order valence-corrected chi connectivity index (χ1v) is 5.62. The van der Waals surface area contributed by atoms with Crippen molar-refractivity contribution in [3.8, 4) is 11.8 Å². The maximum atomic E-state index is 11.9. The van der Waals surface area contributed by atoms with Gasteiger partial charge < -0.3 is 20.6 Å². The molecule has 0 saturated carbocycles. The van der Waals surface area contributed by atoms with Gasteiger partial charge in [0, 0.05) is 0 Å². The maximum absolute atomic E-state index is 11.9. The predicted octanol–water partition coefficient (Wildman–Crippen LogP) is 0.860. The molecule has 2 aromatic heterocycles. The van der Waals surface area contributed by atoms with Crippen molar-refractivity contribution in [3.63, 3.8) is 0 Å². The van der Waals surface area contributed by atoms with Crippen molar-refractivity contribution in [2.24, 2.45) is 0 Å². The number of nitrogens with zero attached hydrogens (tertiary/aromatic N) is 3. The fraction of sp³-hybridized carbons (Fsp3) is 0. The molecular formula is C12H9N5O3. The smallest absolute Gasteiger partial charge is 0.349 e. The highest BCUT2D eigenvalue weighted by atomic mass is 16.5. The van der Waals surface area contributed by atoms with Gasteiger partial charge in [-0.1, -0.05) is 12.1 Å². The number of ether oxygens (including phenoxy) is 1. The molecular weight excluding hydrogens is 262 g/mol. The van der Waals surface area contributed by atoms with Crippen LogP contribution >= 0.6 is 0 Å². The molecule has 0 bridgehead atoms. The molecule has 2 heterocycles. The third-order valence-corrected chi connectivity index (χ3v) is 2.60. The van der Waals surface area contributed by atoms with Gasteiger partial charge in [0.2, 0.25) is 0 Å². The van der Waals surface area contributed by atoms with E-state index < -0.39 is 5.97 Å². The maximum Gasteiger partial charge on any atom is 0.349 e. The van der Waals surface area contributed by atoms with Crippen molar-refractivity contribution in [1.82, 2.24) is 19.9 Å². The summed E-state index contributed by atoms with van der Waals surface area (Å²) >= 11 is 0. The number of benzene rings is 1. The van der Waals surface area contributed by atoms with Gasteiger partial charge >= 0.3 is 12.0 Å². The number of phenols is 1. The molecule has 0 saturated heterocycles. The van der Waals surface area contributed by atoms with E-state index in [0.717, 1.165) is 0 Å². The summed E-state index contributed by atoms with van der Waals surface area (Å²) in [5, 5.41) is 9.57. The Labute approximate surface area is 112 Å². The molecule has 3 rings (SSSR count). The number of phenolic OH excluding ortho intramolecular Hbond substituents is 1. The number of nitrogen functional groups attached to an aromatic ring is 1. The Kier molecular flexibility index (Phi) is 2.68. The van der Waals surface area contributed by atoms with Crippen LogP contribution in [0, 0.1) is 0 Å². The average Bonchev–Trinajstić information content (AvgIpc) is 2.88. The van der Waals surface area contributed by atoms with Gasteiger partial charge in [-0.25, -0.2) is 9.78 Å². The van der Waals surface area contributed by atoms with E-state index in [9.17, 15) is 9.90 Å². The normalized spacial score (nSPS) is 10.6. The Morgan fingerprint density at radius 1 is 1.30 bits per heavy atom. The highest BCUT2D eigenvalue weighted by molar-refractivity contribution is 5.93. The number of hydrogen-bond acceptors (Lipinski definition) is 7. The Morgan fingerprint density at radius 2 is 2.10 bits per heavy atom. The van der Waals surface area contributed by atoms with Crippen LogP contribution in [0.3, 0.4) is 0 Å². The van der Waals surface area contributed by atoms with E-state index in [1.165, 1.54) is 18.5 Å². The molecule has 0 unspecified atom stereocenters. The van der Waals surface area contributed by atoms with E-state index in [-0.39, 0.29) is 28.8 Å². The molecule has 0 radical (unpaired) electrons. The number of aromatic nitrogens is 4. The van der Waals surface area contributed by atoms with E-state index in [2.05, 4.69) is 19.9 Å².